The minimum absolute atomic E-state index is 0.289. The topological polar surface area (TPSA) is 116 Å². The lowest BCUT2D eigenvalue weighted by atomic mass is 10.2. The van der Waals surface area contributed by atoms with Crippen molar-refractivity contribution in [2.75, 3.05) is 10.6 Å². The van der Waals surface area contributed by atoms with Gasteiger partial charge >= 0.3 is 0 Å². The standard InChI is InChI=1S/C32H22N6O2S/c39-31(33-21-9-5-7-19(17-21)29-35-23-11-1-2-12-24(23)36-29)27-15-16-28(41-27)32(40)34-22-10-6-8-20(18-22)30-37-25-13-3-4-14-26(25)38-30/h1-18H,(H,33,39)(H,34,40)(H,35,36)(H,37,38). The average Bonchev–Trinajstić information content (AvgIpc) is 3.76. The van der Waals surface area contributed by atoms with Crippen molar-refractivity contribution in [2.24, 2.45) is 0 Å². The SMILES string of the molecule is O=C(Nc1cccc(-c2nc3ccccc3[nH]2)c1)c1ccc(C(=O)Nc2cccc(-c3nc4ccccc4[nH]3)c2)s1. The second-order valence-electron chi connectivity index (χ2n) is 9.44. The number of aromatic amines is 2. The summed E-state index contributed by atoms with van der Waals surface area (Å²) in [6.45, 7) is 0. The van der Waals surface area contributed by atoms with Crippen LogP contribution < -0.4 is 10.6 Å². The summed E-state index contributed by atoms with van der Waals surface area (Å²) in [5.74, 6) is 0.869. The van der Waals surface area contributed by atoms with Gasteiger partial charge in [-0.1, -0.05) is 48.5 Å². The normalized spacial score (nSPS) is 11.1. The molecule has 0 saturated carbocycles. The van der Waals surface area contributed by atoms with E-state index in [9.17, 15) is 9.59 Å². The van der Waals surface area contributed by atoms with Gasteiger partial charge in [0.1, 0.15) is 11.6 Å². The van der Waals surface area contributed by atoms with Crippen LogP contribution in [0.3, 0.4) is 0 Å². The molecule has 0 fully saturated rings. The summed E-state index contributed by atoms with van der Waals surface area (Å²) >= 11 is 1.13. The van der Waals surface area contributed by atoms with E-state index in [0.717, 1.165) is 56.2 Å². The molecule has 3 aromatic heterocycles. The summed E-state index contributed by atoms with van der Waals surface area (Å²) in [6.07, 6.45) is 0. The van der Waals surface area contributed by atoms with E-state index in [1.54, 1.807) is 12.1 Å². The highest BCUT2D eigenvalue weighted by Crippen LogP contribution is 2.26. The first kappa shape index (κ1) is 24.5. The number of aromatic nitrogens is 4. The molecule has 0 aliphatic carbocycles. The van der Waals surface area contributed by atoms with Gasteiger partial charge in [0.05, 0.1) is 31.8 Å². The second kappa shape index (κ2) is 10.2. The molecule has 4 aromatic carbocycles. The summed E-state index contributed by atoms with van der Waals surface area (Å²) in [4.78, 5) is 42.8. The molecule has 0 saturated heterocycles. The largest absolute Gasteiger partial charge is 0.338 e. The molecule has 0 radical (unpaired) electrons. The number of amides is 2. The molecular formula is C32H22N6O2S. The van der Waals surface area contributed by atoms with Crippen LogP contribution in [0.4, 0.5) is 11.4 Å². The van der Waals surface area contributed by atoms with Crippen LogP contribution in [-0.2, 0) is 0 Å². The molecule has 0 aliphatic rings. The van der Waals surface area contributed by atoms with Gasteiger partial charge < -0.3 is 20.6 Å². The number of hydrogen-bond donors (Lipinski definition) is 4. The van der Waals surface area contributed by atoms with E-state index in [1.165, 1.54) is 0 Å². The molecule has 0 spiro atoms. The molecule has 7 aromatic rings. The highest BCUT2D eigenvalue weighted by atomic mass is 32.1. The van der Waals surface area contributed by atoms with E-state index < -0.39 is 0 Å². The molecule has 0 unspecified atom stereocenters. The van der Waals surface area contributed by atoms with Gasteiger partial charge in [0, 0.05) is 22.5 Å². The Balaban J connectivity index is 1.04. The number of thiophene rings is 1. The number of H-pyrrole nitrogens is 2. The van der Waals surface area contributed by atoms with Gasteiger partial charge in [-0.15, -0.1) is 11.3 Å². The summed E-state index contributed by atoms with van der Waals surface area (Å²) in [5.41, 5.74) is 6.63. The Morgan fingerprint density at radius 3 is 1.49 bits per heavy atom. The first-order chi connectivity index (χ1) is 20.1. The number of carbonyl (C=O) groups excluding carboxylic acids is 2. The van der Waals surface area contributed by atoms with Crippen LogP contribution in [0.1, 0.15) is 19.3 Å². The molecule has 41 heavy (non-hydrogen) atoms. The third-order valence-electron chi connectivity index (χ3n) is 6.62. The Morgan fingerprint density at radius 1 is 0.561 bits per heavy atom. The first-order valence-corrected chi connectivity index (χ1v) is 13.7. The highest BCUT2D eigenvalue weighted by molar-refractivity contribution is 7.16. The third-order valence-corrected chi connectivity index (χ3v) is 7.70. The molecule has 4 N–H and O–H groups in total. The molecule has 0 atom stereocenters. The molecule has 9 heteroatoms. The van der Waals surface area contributed by atoms with Crippen molar-refractivity contribution in [1.29, 1.82) is 0 Å². The van der Waals surface area contributed by atoms with E-state index in [4.69, 9.17) is 0 Å². The van der Waals surface area contributed by atoms with Gasteiger partial charge in [-0.2, -0.15) is 0 Å². The first-order valence-electron chi connectivity index (χ1n) is 12.9. The summed E-state index contributed by atoms with van der Waals surface area (Å²) in [6, 6.07) is 33.9. The van der Waals surface area contributed by atoms with Crippen molar-refractivity contribution in [3.63, 3.8) is 0 Å². The van der Waals surface area contributed by atoms with Crippen molar-refractivity contribution < 1.29 is 9.59 Å². The smallest absolute Gasteiger partial charge is 0.265 e. The number of rotatable bonds is 6. The van der Waals surface area contributed by atoms with E-state index in [0.29, 0.717) is 21.1 Å². The molecule has 3 heterocycles. The number of nitrogens with zero attached hydrogens (tertiary/aromatic N) is 2. The van der Waals surface area contributed by atoms with Crippen molar-refractivity contribution in [3.8, 4) is 22.8 Å². The number of imidazole rings is 2. The molecule has 2 amide bonds. The van der Waals surface area contributed by atoms with Crippen LogP contribution in [0, 0.1) is 0 Å². The lowest BCUT2D eigenvalue weighted by Crippen LogP contribution is -2.11. The van der Waals surface area contributed by atoms with Gasteiger partial charge in [-0.25, -0.2) is 9.97 Å². The predicted molar refractivity (Wildman–Crippen MR) is 163 cm³/mol. The van der Waals surface area contributed by atoms with Crippen molar-refractivity contribution >= 4 is 56.6 Å². The van der Waals surface area contributed by atoms with Gasteiger partial charge in [0.2, 0.25) is 0 Å². The lowest BCUT2D eigenvalue weighted by Gasteiger charge is -2.06. The van der Waals surface area contributed by atoms with Crippen LogP contribution in [-0.4, -0.2) is 31.8 Å². The van der Waals surface area contributed by atoms with E-state index in [-0.39, 0.29) is 11.8 Å². The van der Waals surface area contributed by atoms with Crippen molar-refractivity contribution in [1.82, 2.24) is 19.9 Å². The number of para-hydroxylation sites is 4. The third kappa shape index (κ3) is 4.97. The second-order valence-corrected chi connectivity index (χ2v) is 10.5. The van der Waals surface area contributed by atoms with E-state index in [2.05, 4.69) is 30.6 Å². The van der Waals surface area contributed by atoms with Crippen LogP contribution in [0.25, 0.3) is 44.8 Å². The van der Waals surface area contributed by atoms with Crippen molar-refractivity contribution in [2.45, 2.75) is 0 Å². The van der Waals surface area contributed by atoms with Gasteiger partial charge in [0.25, 0.3) is 11.8 Å². The van der Waals surface area contributed by atoms with Gasteiger partial charge in [-0.3, -0.25) is 9.59 Å². The molecule has 0 aliphatic heterocycles. The quantitative estimate of drug-likeness (QED) is 0.172. The Morgan fingerprint density at radius 2 is 1.02 bits per heavy atom. The predicted octanol–water partition coefficient (Wildman–Crippen LogP) is 7.34. The number of benzene rings is 4. The summed E-state index contributed by atoms with van der Waals surface area (Å²) < 4.78 is 0. The zero-order valence-electron chi connectivity index (χ0n) is 21.5. The van der Waals surface area contributed by atoms with Crippen molar-refractivity contribution in [3.05, 3.63) is 119 Å². The summed E-state index contributed by atoms with van der Waals surface area (Å²) in [5, 5.41) is 5.86. The number of nitrogens with one attached hydrogen (secondary N) is 4. The van der Waals surface area contributed by atoms with Crippen LogP contribution in [0.15, 0.2) is 109 Å². The molecule has 7 rings (SSSR count). The molecule has 198 valence electrons. The molecule has 8 nitrogen and oxygen atoms in total. The Kier molecular flexibility index (Phi) is 6.10. The summed E-state index contributed by atoms with van der Waals surface area (Å²) in [7, 11) is 0. The fourth-order valence-corrected chi connectivity index (χ4v) is 5.43. The fraction of sp³-hybridized carbons (Fsp3) is 0. The Bertz CT molecular complexity index is 1860. The fourth-order valence-electron chi connectivity index (χ4n) is 4.63. The van der Waals surface area contributed by atoms with E-state index in [1.807, 2.05) is 97.1 Å². The minimum atomic E-state index is -0.289. The van der Waals surface area contributed by atoms with Gasteiger partial charge in [-0.05, 0) is 60.7 Å². The maximum absolute atomic E-state index is 13.0. The van der Waals surface area contributed by atoms with E-state index >= 15 is 0 Å². The number of carbonyl (C=O) groups is 2. The highest BCUT2D eigenvalue weighted by Gasteiger charge is 2.16. The van der Waals surface area contributed by atoms with Crippen LogP contribution in [0.5, 0.6) is 0 Å². The zero-order chi connectivity index (χ0) is 27.8. The molecule has 0 bridgehead atoms. The maximum Gasteiger partial charge on any atom is 0.265 e. The maximum atomic E-state index is 13.0. The number of fused-ring (bicyclic) bond motifs is 2. The van der Waals surface area contributed by atoms with Gasteiger partial charge in [0.15, 0.2) is 0 Å². The molecular weight excluding hydrogens is 532 g/mol. The van der Waals surface area contributed by atoms with Crippen LogP contribution in [0.2, 0.25) is 0 Å². The Hall–Kier alpha value is -5.54. The average molecular weight is 555 g/mol. The number of hydrogen-bond acceptors (Lipinski definition) is 5. The van der Waals surface area contributed by atoms with Crippen LogP contribution >= 0.6 is 11.3 Å². The Labute approximate surface area is 238 Å². The monoisotopic (exact) mass is 554 g/mol. The lowest BCUT2D eigenvalue weighted by molar-refractivity contribution is 0.102. The zero-order valence-corrected chi connectivity index (χ0v) is 22.3. The minimum Gasteiger partial charge on any atom is -0.338 e. The number of anilines is 2.